The molecular weight excluding hydrogens is 292 g/mol. The summed E-state index contributed by atoms with van der Waals surface area (Å²) >= 11 is 0. The Bertz CT molecular complexity index is 599. The van der Waals surface area contributed by atoms with Gasteiger partial charge in [0.1, 0.15) is 0 Å². The summed E-state index contributed by atoms with van der Waals surface area (Å²) in [6, 6.07) is 8.74. The highest BCUT2D eigenvalue weighted by Crippen LogP contribution is 2.46. The highest BCUT2D eigenvalue weighted by molar-refractivity contribution is 5.77. The standard InChI is InChI=1S/C18H24N2O3/c1-20-13-7-8-15(20)17(18(22)23-2)14(10-13)12-5-3-11(4-6-12)9-16(19)21/h3-6,13-15,17H,7-10H2,1-2H3,(H2,19,21)/t13-,14+,15+,17-/m0/s1. The Labute approximate surface area is 136 Å². The van der Waals surface area contributed by atoms with E-state index >= 15 is 0 Å². The molecule has 2 N–H and O–H groups in total. The highest BCUT2D eigenvalue weighted by atomic mass is 16.5. The second kappa shape index (κ2) is 6.32. The number of hydrogen-bond acceptors (Lipinski definition) is 4. The van der Waals surface area contributed by atoms with E-state index in [-0.39, 0.29) is 36.2 Å². The van der Waals surface area contributed by atoms with E-state index in [1.807, 2.05) is 24.3 Å². The topological polar surface area (TPSA) is 72.6 Å². The Morgan fingerprint density at radius 3 is 2.57 bits per heavy atom. The number of nitrogens with zero attached hydrogens (tertiary/aromatic N) is 1. The molecule has 2 fully saturated rings. The molecule has 0 radical (unpaired) electrons. The van der Waals surface area contributed by atoms with Crippen LogP contribution in [0.25, 0.3) is 0 Å². The lowest BCUT2D eigenvalue weighted by molar-refractivity contribution is -0.150. The van der Waals surface area contributed by atoms with E-state index in [2.05, 4.69) is 11.9 Å². The van der Waals surface area contributed by atoms with Crippen LogP contribution in [-0.2, 0) is 20.7 Å². The van der Waals surface area contributed by atoms with Crippen molar-refractivity contribution in [2.75, 3.05) is 14.2 Å². The molecule has 5 nitrogen and oxygen atoms in total. The maximum Gasteiger partial charge on any atom is 0.310 e. The quantitative estimate of drug-likeness (QED) is 0.854. The van der Waals surface area contributed by atoms with E-state index in [1.165, 1.54) is 7.11 Å². The van der Waals surface area contributed by atoms with Crippen LogP contribution >= 0.6 is 0 Å². The fourth-order valence-electron chi connectivity index (χ4n) is 4.35. The summed E-state index contributed by atoms with van der Waals surface area (Å²) in [5.74, 6) is -0.388. The van der Waals surface area contributed by atoms with Crippen LogP contribution in [0, 0.1) is 5.92 Å². The molecule has 5 heteroatoms. The first-order valence-electron chi connectivity index (χ1n) is 8.18. The smallest absolute Gasteiger partial charge is 0.310 e. The van der Waals surface area contributed by atoms with Gasteiger partial charge in [-0.2, -0.15) is 0 Å². The lowest BCUT2D eigenvalue weighted by Gasteiger charge is -2.41. The van der Waals surface area contributed by atoms with Crippen LogP contribution in [0.3, 0.4) is 0 Å². The number of hydrogen-bond donors (Lipinski definition) is 1. The molecule has 3 rings (SSSR count). The molecule has 0 saturated carbocycles. The summed E-state index contributed by atoms with van der Waals surface area (Å²) in [7, 11) is 3.58. The number of primary amides is 1. The number of nitrogens with two attached hydrogens (primary N) is 1. The number of carbonyl (C=O) groups is 2. The van der Waals surface area contributed by atoms with Gasteiger partial charge in [0.05, 0.1) is 19.4 Å². The second-order valence-electron chi connectivity index (χ2n) is 6.74. The van der Waals surface area contributed by atoms with Crippen LogP contribution in [0.5, 0.6) is 0 Å². The minimum Gasteiger partial charge on any atom is -0.469 e. The summed E-state index contributed by atoms with van der Waals surface area (Å²) in [4.78, 5) is 25.8. The third kappa shape index (κ3) is 2.98. The molecule has 2 heterocycles. The SMILES string of the molecule is COC(=O)[C@H]1[C@@H](c2ccc(CC(N)=O)cc2)C[C@@H]2CC[C@H]1N2C. The summed E-state index contributed by atoms with van der Waals surface area (Å²) in [5, 5.41) is 0. The maximum absolute atomic E-state index is 12.4. The van der Waals surface area contributed by atoms with E-state index < -0.39 is 0 Å². The Balaban J connectivity index is 1.87. The molecule has 2 bridgehead atoms. The number of piperidine rings is 1. The zero-order valence-corrected chi connectivity index (χ0v) is 13.7. The molecule has 1 aromatic rings. The third-order valence-corrected chi connectivity index (χ3v) is 5.53. The van der Waals surface area contributed by atoms with Gasteiger partial charge in [-0.25, -0.2) is 0 Å². The van der Waals surface area contributed by atoms with Gasteiger partial charge in [-0.1, -0.05) is 24.3 Å². The molecule has 23 heavy (non-hydrogen) atoms. The molecule has 1 amide bonds. The zero-order chi connectivity index (χ0) is 16.6. The molecule has 4 atom stereocenters. The number of esters is 1. The predicted molar refractivity (Wildman–Crippen MR) is 86.8 cm³/mol. The van der Waals surface area contributed by atoms with Crippen LogP contribution in [-0.4, -0.2) is 43.0 Å². The van der Waals surface area contributed by atoms with Crippen LogP contribution in [0.15, 0.2) is 24.3 Å². The first-order valence-corrected chi connectivity index (χ1v) is 8.18. The maximum atomic E-state index is 12.4. The van der Waals surface area contributed by atoms with E-state index in [1.54, 1.807) is 0 Å². The molecule has 2 aliphatic heterocycles. The Morgan fingerprint density at radius 1 is 1.26 bits per heavy atom. The molecule has 0 spiro atoms. The van der Waals surface area contributed by atoms with Crippen molar-refractivity contribution in [1.29, 1.82) is 0 Å². The van der Waals surface area contributed by atoms with Gasteiger partial charge in [0.2, 0.25) is 5.91 Å². The molecule has 124 valence electrons. The number of benzene rings is 1. The molecule has 2 saturated heterocycles. The molecule has 2 aliphatic rings. The van der Waals surface area contributed by atoms with Crippen molar-refractivity contribution in [1.82, 2.24) is 4.90 Å². The molecule has 0 unspecified atom stereocenters. The minimum absolute atomic E-state index is 0.117. The molecule has 0 aliphatic carbocycles. The lowest BCUT2D eigenvalue weighted by atomic mass is 9.76. The number of carbonyl (C=O) groups excluding carboxylic acids is 2. The van der Waals surface area contributed by atoms with Crippen molar-refractivity contribution >= 4 is 11.9 Å². The first-order chi connectivity index (χ1) is 11.0. The van der Waals surface area contributed by atoms with E-state index in [0.717, 1.165) is 30.4 Å². The van der Waals surface area contributed by atoms with Gasteiger partial charge in [-0.15, -0.1) is 0 Å². The van der Waals surface area contributed by atoms with E-state index in [9.17, 15) is 9.59 Å². The summed E-state index contributed by atoms with van der Waals surface area (Å²) in [6.45, 7) is 0. The first kappa shape index (κ1) is 16.0. The van der Waals surface area contributed by atoms with Crippen LogP contribution < -0.4 is 5.73 Å². The van der Waals surface area contributed by atoms with Crippen molar-refractivity contribution in [3.63, 3.8) is 0 Å². The lowest BCUT2D eigenvalue weighted by Crippen LogP contribution is -2.49. The Morgan fingerprint density at radius 2 is 1.96 bits per heavy atom. The molecular formula is C18H24N2O3. The number of methoxy groups -OCH3 is 1. The monoisotopic (exact) mass is 316 g/mol. The number of amides is 1. The van der Waals surface area contributed by atoms with Gasteiger partial charge in [0.15, 0.2) is 0 Å². The van der Waals surface area contributed by atoms with Gasteiger partial charge in [-0.05, 0) is 37.4 Å². The van der Waals surface area contributed by atoms with Gasteiger partial charge < -0.3 is 10.5 Å². The summed E-state index contributed by atoms with van der Waals surface area (Å²) in [6.07, 6.45) is 3.42. The van der Waals surface area contributed by atoms with Gasteiger partial charge in [0, 0.05) is 18.0 Å². The number of rotatable bonds is 4. The fourth-order valence-corrected chi connectivity index (χ4v) is 4.35. The van der Waals surface area contributed by atoms with Crippen molar-refractivity contribution < 1.29 is 14.3 Å². The zero-order valence-electron chi connectivity index (χ0n) is 13.7. The van der Waals surface area contributed by atoms with Crippen LogP contribution in [0.4, 0.5) is 0 Å². The second-order valence-corrected chi connectivity index (χ2v) is 6.74. The van der Waals surface area contributed by atoms with Crippen LogP contribution in [0.2, 0.25) is 0 Å². The average Bonchev–Trinajstić information content (AvgIpc) is 2.77. The van der Waals surface area contributed by atoms with Gasteiger partial charge >= 0.3 is 5.97 Å². The fraction of sp³-hybridized carbons (Fsp3) is 0.556. The number of fused-ring (bicyclic) bond motifs is 2. The largest absolute Gasteiger partial charge is 0.469 e. The van der Waals surface area contributed by atoms with Crippen LogP contribution in [0.1, 0.15) is 36.3 Å². The summed E-state index contributed by atoms with van der Waals surface area (Å²) in [5.41, 5.74) is 7.30. The van der Waals surface area contributed by atoms with Crippen molar-refractivity contribution in [2.24, 2.45) is 11.7 Å². The third-order valence-electron chi connectivity index (χ3n) is 5.53. The Kier molecular flexibility index (Phi) is 4.39. The summed E-state index contributed by atoms with van der Waals surface area (Å²) < 4.78 is 5.09. The van der Waals surface area contributed by atoms with E-state index in [0.29, 0.717) is 6.04 Å². The number of ether oxygens (including phenoxy) is 1. The van der Waals surface area contributed by atoms with E-state index in [4.69, 9.17) is 10.5 Å². The predicted octanol–water partition coefficient (Wildman–Crippen LogP) is 1.45. The van der Waals surface area contributed by atoms with Crippen molar-refractivity contribution in [2.45, 2.75) is 43.7 Å². The Hall–Kier alpha value is -1.88. The minimum atomic E-state index is -0.331. The normalized spacial score (nSPS) is 30.2. The van der Waals surface area contributed by atoms with Gasteiger partial charge in [0.25, 0.3) is 0 Å². The van der Waals surface area contributed by atoms with Crippen molar-refractivity contribution in [3.05, 3.63) is 35.4 Å². The molecule has 1 aromatic carbocycles. The molecule has 0 aromatic heterocycles. The van der Waals surface area contributed by atoms with Crippen molar-refractivity contribution in [3.8, 4) is 0 Å². The average molecular weight is 316 g/mol. The van der Waals surface area contributed by atoms with Gasteiger partial charge in [-0.3, -0.25) is 14.5 Å². The highest BCUT2D eigenvalue weighted by Gasteiger charge is 2.49.